The zero-order valence-corrected chi connectivity index (χ0v) is 16.4. The second-order valence-corrected chi connectivity index (χ2v) is 7.77. The van der Waals surface area contributed by atoms with Crippen LogP contribution in [0.25, 0.3) is 11.1 Å². The molecule has 0 saturated heterocycles. The standard InChI is InChI=1S/C20H16N2O3S2/c1-12-3-5-14(6-4-12)15-7-8-26-18(15)20(24)25-10-17(23)16(9-21)19-22-13(2)11-27-19/h3-8,11,16H,10H2,1-2H3. The van der Waals surface area contributed by atoms with E-state index < -0.39 is 24.3 Å². The lowest BCUT2D eigenvalue weighted by Gasteiger charge is -2.08. The lowest BCUT2D eigenvalue weighted by molar-refractivity contribution is -0.122. The molecule has 1 aromatic carbocycles. The van der Waals surface area contributed by atoms with Crippen molar-refractivity contribution in [2.75, 3.05) is 6.61 Å². The van der Waals surface area contributed by atoms with Crippen LogP contribution in [-0.4, -0.2) is 23.3 Å². The van der Waals surface area contributed by atoms with Gasteiger partial charge in [-0.15, -0.1) is 22.7 Å². The average Bonchev–Trinajstić information content (AvgIpc) is 3.30. The minimum atomic E-state index is -1.02. The van der Waals surface area contributed by atoms with Gasteiger partial charge in [0.15, 0.2) is 18.3 Å². The molecule has 7 heteroatoms. The van der Waals surface area contributed by atoms with E-state index >= 15 is 0 Å². The number of hydrogen-bond donors (Lipinski definition) is 0. The van der Waals surface area contributed by atoms with Gasteiger partial charge >= 0.3 is 5.97 Å². The molecule has 2 heterocycles. The number of benzene rings is 1. The summed E-state index contributed by atoms with van der Waals surface area (Å²) in [5, 5.41) is 13.3. The smallest absolute Gasteiger partial charge is 0.349 e. The van der Waals surface area contributed by atoms with Crippen LogP contribution in [0.15, 0.2) is 41.1 Å². The van der Waals surface area contributed by atoms with Gasteiger partial charge in [-0.1, -0.05) is 29.8 Å². The summed E-state index contributed by atoms with van der Waals surface area (Å²) in [7, 11) is 0. The molecule has 2 aromatic heterocycles. The van der Waals surface area contributed by atoms with Crippen molar-refractivity contribution < 1.29 is 14.3 Å². The van der Waals surface area contributed by atoms with Crippen LogP contribution in [0.4, 0.5) is 0 Å². The molecule has 0 spiro atoms. The van der Waals surface area contributed by atoms with Gasteiger partial charge in [-0.25, -0.2) is 9.78 Å². The molecular formula is C20H16N2O3S2. The molecule has 0 fully saturated rings. The Morgan fingerprint density at radius 3 is 2.56 bits per heavy atom. The highest BCUT2D eigenvalue weighted by atomic mass is 32.1. The van der Waals surface area contributed by atoms with E-state index in [-0.39, 0.29) is 0 Å². The van der Waals surface area contributed by atoms with E-state index in [0.29, 0.717) is 9.88 Å². The maximum absolute atomic E-state index is 12.5. The lowest BCUT2D eigenvalue weighted by atomic mass is 10.1. The summed E-state index contributed by atoms with van der Waals surface area (Å²) < 4.78 is 5.19. The number of aromatic nitrogens is 1. The van der Waals surface area contributed by atoms with Gasteiger partial charge in [-0.3, -0.25) is 4.79 Å². The predicted molar refractivity (Wildman–Crippen MR) is 105 cm³/mol. The Balaban J connectivity index is 1.70. The van der Waals surface area contributed by atoms with Gasteiger partial charge in [0.25, 0.3) is 0 Å². The summed E-state index contributed by atoms with van der Waals surface area (Å²) in [6.07, 6.45) is 0. The number of carbonyl (C=O) groups is 2. The van der Waals surface area contributed by atoms with E-state index in [9.17, 15) is 14.9 Å². The molecule has 27 heavy (non-hydrogen) atoms. The van der Waals surface area contributed by atoms with Gasteiger partial charge in [0.1, 0.15) is 9.88 Å². The highest BCUT2D eigenvalue weighted by molar-refractivity contribution is 7.12. The number of thiazole rings is 1. The van der Waals surface area contributed by atoms with Gasteiger partial charge < -0.3 is 4.74 Å². The second-order valence-electron chi connectivity index (χ2n) is 5.96. The Morgan fingerprint density at radius 2 is 1.93 bits per heavy atom. The normalized spacial score (nSPS) is 11.6. The molecule has 0 N–H and O–H groups in total. The first-order valence-electron chi connectivity index (χ1n) is 8.15. The van der Waals surface area contributed by atoms with Crippen LogP contribution in [0.2, 0.25) is 0 Å². The summed E-state index contributed by atoms with van der Waals surface area (Å²) in [6.45, 7) is 3.33. The first-order chi connectivity index (χ1) is 13.0. The number of hydrogen-bond acceptors (Lipinski definition) is 7. The van der Waals surface area contributed by atoms with Crippen LogP contribution in [-0.2, 0) is 9.53 Å². The van der Waals surface area contributed by atoms with Crippen molar-refractivity contribution >= 4 is 34.4 Å². The Kier molecular flexibility index (Phi) is 5.79. The van der Waals surface area contributed by atoms with Crippen molar-refractivity contribution in [1.82, 2.24) is 4.98 Å². The number of carbonyl (C=O) groups excluding carboxylic acids is 2. The van der Waals surface area contributed by atoms with Crippen LogP contribution < -0.4 is 0 Å². The van der Waals surface area contributed by atoms with Crippen molar-refractivity contribution in [3.05, 3.63) is 62.2 Å². The molecule has 0 amide bonds. The Morgan fingerprint density at radius 1 is 1.19 bits per heavy atom. The molecule has 1 atom stereocenters. The molecule has 1 unspecified atom stereocenters. The van der Waals surface area contributed by atoms with E-state index in [0.717, 1.165) is 22.4 Å². The van der Waals surface area contributed by atoms with E-state index in [1.165, 1.54) is 22.7 Å². The van der Waals surface area contributed by atoms with Gasteiger partial charge in [-0.2, -0.15) is 5.26 Å². The van der Waals surface area contributed by atoms with Gasteiger partial charge in [0.2, 0.25) is 0 Å². The van der Waals surface area contributed by atoms with Gasteiger partial charge in [0.05, 0.1) is 6.07 Å². The molecule has 0 radical (unpaired) electrons. The van der Waals surface area contributed by atoms with Gasteiger partial charge in [0, 0.05) is 16.6 Å². The Labute approximate surface area is 164 Å². The third-order valence-corrected chi connectivity index (χ3v) is 5.82. The molecule has 0 saturated carbocycles. The van der Waals surface area contributed by atoms with Crippen molar-refractivity contribution in [3.63, 3.8) is 0 Å². The Hall–Kier alpha value is -2.82. The number of nitrogens with zero attached hydrogens (tertiary/aromatic N) is 2. The number of ether oxygens (including phenoxy) is 1. The zero-order chi connectivity index (χ0) is 19.4. The topological polar surface area (TPSA) is 80.0 Å². The van der Waals surface area contributed by atoms with Crippen LogP contribution in [0.1, 0.15) is 31.9 Å². The van der Waals surface area contributed by atoms with Crippen LogP contribution in [0, 0.1) is 25.2 Å². The molecule has 5 nitrogen and oxygen atoms in total. The zero-order valence-electron chi connectivity index (χ0n) is 14.8. The quantitative estimate of drug-likeness (QED) is 0.572. The van der Waals surface area contributed by atoms with Crippen molar-refractivity contribution in [2.24, 2.45) is 0 Å². The summed E-state index contributed by atoms with van der Waals surface area (Å²) in [6, 6.07) is 11.6. The fraction of sp³-hybridized carbons (Fsp3) is 0.200. The number of rotatable bonds is 6. The van der Waals surface area contributed by atoms with Crippen LogP contribution in [0.5, 0.6) is 0 Å². The second kappa shape index (κ2) is 8.25. The van der Waals surface area contributed by atoms with Crippen molar-refractivity contribution in [2.45, 2.75) is 19.8 Å². The average molecular weight is 396 g/mol. The Bertz CT molecular complexity index is 1010. The fourth-order valence-electron chi connectivity index (χ4n) is 2.48. The number of ketones is 1. The van der Waals surface area contributed by atoms with Gasteiger partial charge in [-0.05, 0) is 30.9 Å². The molecule has 136 valence electrons. The molecule has 0 aliphatic carbocycles. The molecule has 0 aliphatic rings. The first-order valence-corrected chi connectivity index (χ1v) is 9.91. The highest BCUT2D eigenvalue weighted by Crippen LogP contribution is 2.29. The van der Waals surface area contributed by atoms with E-state index in [1.54, 1.807) is 12.3 Å². The molecule has 3 aromatic rings. The summed E-state index contributed by atoms with van der Waals surface area (Å²) >= 11 is 2.51. The SMILES string of the molecule is Cc1ccc(-c2ccsc2C(=O)OCC(=O)C(C#N)c2nc(C)cs2)cc1. The van der Waals surface area contributed by atoms with E-state index in [2.05, 4.69) is 4.98 Å². The maximum Gasteiger partial charge on any atom is 0.349 e. The molecule has 3 rings (SSSR count). The maximum atomic E-state index is 12.5. The minimum Gasteiger partial charge on any atom is -0.453 e. The summed E-state index contributed by atoms with van der Waals surface area (Å²) in [5.41, 5.74) is 3.56. The van der Waals surface area contributed by atoms with Crippen LogP contribution in [0.3, 0.4) is 0 Å². The molecule has 0 aliphatic heterocycles. The predicted octanol–water partition coefficient (Wildman–Crippen LogP) is 4.52. The van der Waals surface area contributed by atoms with Crippen LogP contribution >= 0.6 is 22.7 Å². The summed E-state index contributed by atoms with van der Waals surface area (Å²) in [4.78, 5) is 29.4. The third kappa shape index (κ3) is 4.30. The van der Waals surface area contributed by atoms with E-state index in [4.69, 9.17) is 4.74 Å². The minimum absolute atomic E-state index is 0.424. The number of thiophene rings is 1. The third-order valence-electron chi connectivity index (χ3n) is 3.89. The number of aryl methyl sites for hydroxylation is 2. The lowest BCUT2D eigenvalue weighted by Crippen LogP contribution is -2.19. The summed E-state index contributed by atoms with van der Waals surface area (Å²) in [5.74, 6) is -2.06. The molecule has 0 bridgehead atoms. The molecular weight excluding hydrogens is 380 g/mol. The van der Waals surface area contributed by atoms with Crippen molar-refractivity contribution in [3.8, 4) is 17.2 Å². The largest absolute Gasteiger partial charge is 0.453 e. The highest BCUT2D eigenvalue weighted by Gasteiger charge is 2.25. The van der Waals surface area contributed by atoms with Crippen molar-refractivity contribution in [1.29, 1.82) is 5.26 Å². The fourth-order valence-corrected chi connectivity index (χ4v) is 4.15. The number of esters is 1. The monoisotopic (exact) mass is 396 g/mol. The van der Waals surface area contributed by atoms with E-state index in [1.807, 2.05) is 48.7 Å². The number of nitriles is 1. The first kappa shape index (κ1) is 19.0. The number of Topliss-reactive ketones (excluding diaryl/α,β-unsaturated/α-hetero) is 1.